The maximum Gasteiger partial charge on any atom is 0.326 e. The average molecular weight is 410 g/mol. The minimum Gasteiger partial charge on any atom is -0.516 e. The van der Waals surface area contributed by atoms with Crippen molar-refractivity contribution in [2.24, 2.45) is 5.92 Å². The van der Waals surface area contributed by atoms with Crippen LogP contribution >= 0.6 is 0 Å². The van der Waals surface area contributed by atoms with E-state index in [0.717, 1.165) is 0 Å². The van der Waals surface area contributed by atoms with E-state index >= 15 is 0 Å². The maximum atomic E-state index is 13.0. The first kappa shape index (κ1) is 22.9. The van der Waals surface area contributed by atoms with E-state index in [0.29, 0.717) is 11.3 Å². The lowest BCUT2D eigenvalue weighted by molar-refractivity contribution is -0.485. The molecule has 0 bridgehead atoms. The van der Waals surface area contributed by atoms with Crippen LogP contribution in [0.3, 0.4) is 0 Å². The molecule has 0 aliphatic carbocycles. The van der Waals surface area contributed by atoms with Crippen LogP contribution in [0, 0.1) is 5.92 Å². The predicted octanol–water partition coefficient (Wildman–Crippen LogP) is 5.33. The summed E-state index contributed by atoms with van der Waals surface area (Å²) in [7, 11) is -2.23. The van der Waals surface area contributed by atoms with Crippen LogP contribution in [0.2, 0.25) is 18.1 Å². The summed E-state index contributed by atoms with van der Waals surface area (Å²) in [5, 5.41) is 3.26. The highest BCUT2D eigenvalue weighted by Gasteiger charge is 2.43. The Morgan fingerprint density at radius 3 is 2.39 bits per heavy atom. The van der Waals surface area contributed by atoms with Crippen LogP contribution < -0.4 is 5.32 Å². The SMILES string of the molecule is CC(C)C1OOC(C)(C)C(Nc2ccccc2C(=O)O[Si](C)(C)C(C)(C)C)O1. The maximum absolute atomic E-state index is 13.0. The Bertz CT molecular complexity index is 696. The van der Waals surface area contributed by atoms with Crippen molar-refractivity contribution >= 4 is 20.0 Å². The summed E-state index contributed by atoms with van der Waals surface area (Å²) >= 11 is 0. The van der Waals surface area contributed by atoms with Crippen molar-refractivity contribution in [3.8, 4) is 0 Å². The van der Waals surface area contributed by atoms with Gasteiger partial charge in [0, 0.05) is 5.92 Å². The van der Waals surface area contributed by atoms with Gasteiger partial charge in [0.05, 0.1) is 11.3 Å². The number of anilines is 1. The zero-order valence-electron chi connectivity index (χ0n) is 18.6. The van der Waals surface area contributed by atoms with E-state index in [1.165, 1.54) is 0 Å². The van der Waals surface area contributed by atoms with E-state index in [1.807, 2.05) is 45.9 Å². The number of hydrogen-bond donors (Lipinski definition) is 1. The van der Waals surface area contributed by atoms with Gasteiger partial charge in [0.2, 0.25) is 0 Å². The quantitative estimate of drug-likeness (QED) is 0.524. The van der Waals surface area contributed by atoms with Gasteiger partial charge < -0.3 is 14.5 Å². The van der Waals surface area contributed by atoms with Gasteiger partial charge in [-0.15, -0.1) is 0 Å². The van der Waals surface area contributed by atoms with Crippen molar-refractivity contribution in [1.82, 2.24) is 0 Å². The monoisotopic (exact) mass is 409 g/mol. The molecule has 0 spiro atoms. The van der Waals surface area contributed by atoms with Gasteiger partial charge in [-0.2, -0.15) is 0 Å². The molecule has 0 saturated carbocycles. The molecule has 1 N–H and O–H groups in total. The van der Waals surface area contributed by atoms with Crippen molar-refractivity contribution in [3.63, 3.8) is 0 Å². The van der Waals surface area contributed by atoms with Gasteiger partial charge in [-0.3, -0.25) is 0 Å². The molecule has 1 fully saturated rings. The Morgan fingerprint density at radius 2 is 1.82 bits per heavy atom. The van der Waals surface area contributed by atoms with Crippen molar-refractivity contribution in [2.75, 3.05) is 5.32 Å². The lowest BCUT2D eigenvalue weighted by Gasteiger charge is -2.42. The minimum absolute atomic E-state index is 0.0603. The van der Waals surface area contributed by atoms with Crippen LogP contribution in [0.15, 0.2) is 24.3 Å². The number of nitrogens with one attached hydrogen (secondary N) is 1. The second kappa shape index (κ2) is 8.14. The van der Waals surface area contributed by atoms with Gasteiger partial charge in [0.1, 0.15) is 5.60 Å². The van der Waals surface area contributed by atoms with Gasteiger partial charge in [0.25, 0.3) is 8.32 Å². The van der Waals surface area contributed by atoms with Gasteiger partial charge >= 0.3 is 5.97 Å². The molecular weight excluding hydrogens is 374 g/mol. The molecule has 1 aromatic rings. The van der Waals surface area contributed by atoms with E-state index in [-0.39, 0.29) is 16.9 Å². The lowest BCUT2D eigenvalue weighted by atomic mass is 10.1. The van der Waals surface area contributed by atoms with Crippen LogP contribution in [-0.2, 0) is 18.9 Å². The van der Waals surface area contributed by atoms with E-state index in [1.54, 1.807) is 6.07 Å². The smallest absolute Gasteiger partial charge is 0.326 e. The highest BCUT2D eigenvalue weighted by molar-refractivity contribution is 6.75. The normalized spacial score (nSPS) is 22.8. The molecule has 6 nitrogen and oxygen atoms in total. The summed E-state index contributed by atoms with van der Waals surface area (Å²) in [5.74, 6) is -0.194. The van der Waals surface area contributed by atoms with Crippen molar-refractivity contribution in [2.45, 2.75) is 84.7 Å². The number of hydrogen-bond acceptors (Lipinski definition) is 6. The molecule has 158 valence electrons. The topological polar surface area (TPSA) is 66.0 Å². The minimum atomic E-state index is -2.23. The molecule has 0 radical (unpaired) electrons. The van der Waals surface area contributed by atoms with E-state index in [4.69, 9.17) is 18.9 Å². The van der Waals surface area contributed by atoms with Crippen LogP contribution in [0.25, 0.3) is 0 Å². The summed E-state index contributed by atoms with van der Waals surface area (Å²) in [6.45, 7) is 18.2. The highest BCUT2D eigenvalue weighted by Crippen LogP contribution is 2.38. The van der Waals surface area contributed by atoms with Gasteiger partial charge in [-0.05, 0) is 44.1 Å². The summed E-state index contributed by atoms with van der Waals surface area (Å²) in [5.41, 5.74) is 0.401. The van der Waals surface area contributed by atoms with Crippen molar-refractivity contribution in [3.05, 3.63) is 29.8 Å². The Balaban J connectivity index is 2.25. The second-order valence-corrected chi connectivity index (χ2v) is 14.5. The molecule has 1 saturated heterocycles. The van der Waals surface area contributed by atoms with Crippen molar-refractivity contribution < 1.29 is 23.7 Å². The van der Waals surface area contributed by atoms with Gasteiger partial charge in [-0.1, -0.05) is 46.8 Å². The summed E-state index contributed by atoms with van der Waals surface area (Å²) in [6, 6.07) is 7.32. The molecule has 1 aromatic carbocycles. The van der Waals surface area contributed by atoms with Crippen LogP contribution in [-0.4, -0.2) is 32.4 Å². The number of ether oxygens (including phenoxy) is 1. The molecule has 7 heteroatoms. The molecule has 0 aromatic heterocycles. The first-order valence-electron chi connectivity index (χ1n) is 9.83. The van der Waals surface area contributed by atoms with Crippen LogP contribution in [0.5, 0.6) is 0 Å². The summed E-state index contributed by atoms with van der Waals surface area (Å²) in [4.78, 5) is 23.9. The van der Waals surface area contributed by atoms with E-state index < -0.39 is 26.4 Å². The molecular formula is C21H35NO5Si. The number of carbonyl (C=O) groups excluding carboxylic acids is 1. The third-order valence-corrected chi connectivity index (χ3v) is 9.70. The number of benzene rings is 1. The number of rotatable bonds is 5. The third kappa shape index (κ3) is 5.14. The fraction of sp³-hybridized carbons (Fsp3) is 0.667. The summed E-state index contributed by atoms with van der Waals surface area (Å²) < 4.78 is 12.0. The highest BCUT2D eigenvalue weighted by atomic mass is 28.4. The van der Waals surface area contributed by atoms with Gasteiger partial charge in [0.15, 0.2) is 12.5 Å². The molecule has 1 heterocycles. The number of para-hydroxylation sites is 1. The molecule has 28 heavy (non-hydrogen) atoms. The lowest BCUT2D eigenvalue weighted by Crippen LogP contribution is -2.54. The van der Waals surface area contributed by atoms with Gasteiger partial charge in [-0.25, -0.2) is 14.6 Å². The second-order valence-electron chi connectivity index (χ2n) is 9.75. The predicted molar refractivity (Wildman–Crippen MR) is 112 cm³/mol. The first-order chi connectivity index (χ1) is 12.7. The molecule has 2 atom stereocenters. The summed E-state index contributed by atoms with van der Waals surface area (Å²) in [6.07, 6.45) is -0.979. The fourth-order valence-corrected chi connectivity index (χ4v) is 3.26. The zero-order chi connectivity index (χ0) is 21.3. The molecule has 2 rings (SSSR count). The van der Waals surface area contributed by atoms with E-state index in [9.17, 15) is 4.79 Å². The van der Waals surface area contributed by atoms with Crippen LogP contribution in [0.4, 0.5) is 5.69 Å². The molecule has 0 amide bonds. The Kier molecular flexibility index (Phi) is 6.65. The largest absolute Gasteiger partial charge is 0.516 e. The zero-order valence-corrected chi connectivity index (χ0v) is 19.6. The Labute approximate surface area is 169 Å². The third-order valence-electron chi connectivity index (χ3n) is 5.39. The van der Waals surface area contributed by atoms with Crippen molar-refractivity contribution in [1.29, 1.82) is 0 Å². The van der Waals surface area contributed by atoms with E-state index in [2.05, 4.69) is 39.2 Å². The Morgan fingerprint density at radius 1 is 1.21 bits per heavy atom. The molecule has 2 unspecified atom stereocenters. The Hall–Kier alpha value is -1.41. The van der Waals surface area contributed by atoms with Crippen LogP contribution in [0.1, 0.15) is 58.8 Å². The number of carbonyl (C=O) groups is 1. The average Bonchev–Trinajstić information content (AvgIpc) is 2.55. The fourth-order valence-electron chi connectivity index (χ4n) is 2.38. The standard InChI is InChI=1S/C21H35NO5Si/c1-14(2)18-24-19(21(6,7)27-25-18)22-16-13-11-10-12-15(16)17(23)26-28(8,9)20(3,4)5/h10-14,18-19,22H,1-9H3. The molecule has 1 aliphatic heterocycles. The first-order valence-corrected chi connectivity index (χ1v) is 12.7. The molecule has 1 aliphatic rings.